The van der Waals surface area contributed by atoms with Crippen molar-refractivity contribution in [1.29, 1.82) is 0 Å². The van der Waals surface area contributed by atoms with Crippen molar-refractivity contribution in [2.24, 2.45) is 0 Å². The average molecular weight is 341 g/mol. The van der Waals surface area contributed by atoms with Crippen LogP contribution < -0.4 is 10.2 Å². The number of rotatable bonds is 5. The summed E-state index contributed by atoms with van der Waals surface area (Å²) in [6, 6.07) is 29.0. The molecule has 0 saturated heterocycles. The Hall–Kier alpha value is -3.60. The Morgan fingerprint density at radius 1 is 0.731 bits per heavy atom. The molecule has 0 bridgehead atoms. The fourth-order valence-electron chi connectivity index (χ4n) is 2.97. The van der Waals surface area contributed by atoms with Crippen LogP contribution in [0.15, 0.2) is 84.9 Å². The Labute approximate surface area is 152 Å². The third-order valence-corrected chi connectivity index (χ3v) is 4.23. The maximum absolute atomic E-state index is 4.17. The largest absolute Gasteiger partial charge is 0.372 e. The van der Waals surface area contributed by atoms with Gasteiger partial charge in [0.15, 0.2) is 0 Å². The SMILES string of the molecule is CNc1[nH]nnc1-c1ccc(N(c2ccccc2)c2ccccc2)cc1. The minimum Gasteiger partial charge on any atom is -0.372 e. The molecule has 0 saturated carbocycles. The number of hydrogen-bond donors (Lipinski definition) is 2. The number of nitrogens with one attached hydrogen (secondary N) is 2. The first-order valence-corrected chi connectivity index (χ1v) is 8.46. The highest BCUT2D eigenvalue weighted by molar-refractivity contribution is 5.79. The molecule has 0 aliphatic carbocycles. The average Bonchev–Trinajstić information content (AvgIpc) is 3.19. The lowest BCUT2D eigenvalue weighted by atomic mass is 10.1. The topological polar surface area (TPSA) is 56.8 Å². The van der Waals surface area contributed by atoms with Gasteiger partial charge in [-0.15, -0.1) is 5.10 Å². The molecule has 4 aromatic rings. The maximum atomic E-state index is 4.17. The molecule has 3 aromatic carbocycles. The Morgan fingerprint density at radius 2 is 1.27 bits per heavy atom. The number of benzene rings is 3. The molecule has 4 rings (SSSR count). The molecule has 0 unspecified atom stereocenters. The monoisotopic (exact) mass is 341 g/mol. The Bertz CT molecular complexity index is 923. The van der Waals surface area contributed by atoms with Gasteiger partial charge >= 0.3 is 0 Å². The van der Waals surface area contributed by atoms with Gasteiger partial charge < -0.3 is 10.2 Å². The van der Waals surface area contributed by atoms with E-state index in [2.05, 4.69) is 74.2 Å². The predicted octanol–water partition coefficient (Wildman–Crippen LogP) is 4.98. The predicted molar refractivity (Wildman–Crippen MR) is 106 cm³/mol. The van der Waals surface area contributed by atoms with Gasteiger partial charge in [-0.05, 0) is 36.4 Å². The fourth-order valence-corrected chi connectivity index (χ4v) is 2.97. The highest BCUT2D eigenvalue weighted by Crippen LogP contribution is 2.35. The Balaban J connectivity index is 1.75. The minimum absolute atomic E-state index is 0.806. The molecule has 0 spiro atoms. The second-order valence-electron chi connectivity index (χ2n) is 5.84. The van der Waals surface area contributed by atoms with Crippen molar-refractivity contribution in [1.82, 2.24) is 15.4 Å². The van der Waals surface area contributed by atoms with Crippen molar-refractivity contribution in [3.63, 3.8) is 0 Å². The van der Waals surface area contributed by atoms with Gasteiger partial charge in [0.25, 0.3) is 0 Å². The van der Waals surface area contributed by atoms with Crippen LogP contribution in [0.25, 0.3) is 11.3 Å². The summed E-state index contributed by atoms with van der Waals surface area (Å²) in [5.74, 6) is 0.806. The van der Waals surface area contributed by atoms with Gasteiger partial charge in [-0.25, -0.2) is 5.10 Å². The number of H-pyrrole nitrogens is 1. The molecule has 0 fully saturated rings. The van der Waals surface area contributed by atoms with E-state index in [9.17, 15) is 0 Å². The molecule has 5 heteroatoms. The van der Waals surface area contributed by atoms with E-state index in [1.807, 2.05) is 43.4 Å². The smallest absolute Gasteiger partial charge is 0.149 e. The lowest BCUT2D eigenvalue weighted by Gasteiger charge is -2.25. The van der Waals surface area contributed by atoms with E-state index in [-0.39, 0.29) is 0 Å². The zero-order valence-electron chi connectivity index (χ0n) is 14.4. The van der Waals surface area contributed by atoms with E-state index in [1.54, 1.807) is 0 Å². The van der Waals surface area contributed by atoms with E-state index >= 15 is 0 Å². The lowest BCUT2D eigenvalue weighted by molar-refractivity contribution is 0.943. The summed E-state index contributed by atoms with van der Waals surface area (Å²) >= 11 is 0. The summed E-state index contributed by atoms with van der Waals surface area (Å²) in [6.07, 6.45) is 0. The highest BCUT2D eigenvalue weighted by atomic mass is 15.4. The molecule has 0 amide bonds. The van der Waals surface area contributed by atoms with Crippen molar-refractivity contribution < 1.29 is 0 Å². The first kappa shape index (κ1) is 15.9. The molecule has 0 aliphatic heterocycles. The second-order valence-corrected chi connectivity index (χ2v) is 5.84. The van der Waals surface area contributed by atoms with Crippen LogP contribution in [-0.4, -0.2) is 22.5 Å². The quantitative estimate of drug-likeness (QED) is 0.537. The Kier molecular flexibility index (Phi) is 4.35. The summed E-state index contributed by atoms with van der Waals surface area (Å²) < 4.78 is 0. The molecule has 5 nitrogen and oxygen atoms in total. The van der Waals surface area contributed by atoms with E-state index in [4.69, 9.17) is 0 Å². The van der Waals surface area contributed by atoms with Gasteiger partial charge in [-0.1, -0.05) is 53.7 Å². The standard InChI is InChI=1S/C21H19N5/c1-22-21-20(23-25-24-21)16-12-14-19(15-13-16)26(17-8-4-2-5-9-17)18-10-6-3-7-11-18/h2-15H,1H3,(H2,22,23,24,25). The summed E-state index contributed by atoms with van der Waals surface area (Å²) in [5.41, 5.74) is 5.13. The molecule has 1 aromatic heterocycles. The zero-order chi connectivity index (χ0) is 17.8. The van der Waals surface area contributed by atoms with Gasteiger partial charge in [0.05, 0.1) is 0 Å². The van der Waals surface area contributed by atoms with Crippen molar-refractivity contribution in [3.8, 4) is 11.3 Å². The van der Waals surface area contributed by atoms with Crippen LogP contribution in [-0.2, 0) is 0 Å². The van der Waals surface area contributed by atoms with Gasteiger partial charge in [-0.2, -0.15) is 0 Å². The van der Waals surface area contributed by atoms with Crippen LogP contribution in [0, 0.1) is 0 Å². The lowest BCUT2D eigenvalue weighted by Crippen LogP contribution is -2.09. The van der Waals surface area contributed by atoms with Crippen LogP contribution in [0.1, 0.15) is 0 Å². The number of hydrogen-bond acceptors (Lipinski definition) is 4. The van der Waals surface area contributed by atoms with Gasteiger partial charge in [0.2, 0.25) is 0 Å². The summed E-state index contributed by atoms with van der Waals surface area (Å²) in [5, 5.41) is 14.0. The molecular formula is C21H19N5. The zero-order valence-corrected chi connectivity index (χ0v) is 14.4. The van der Waals surface area contributed by atoms with E-state index in [0.717, 1.165) is 34.1 Å². The van der Waals surface area contributed by atoms with Crippen LogP contribution in [0.3, 0.4) is 0 Å². The van der Waals surface area contributed by atoms with Crippen molar-refractivity contribution >= 4 is 22.9 Å². The molecule has 0 aliphatic rings. The van der Waals surface area contributed by atoms with E-state index in [0.29, 0.717) is 0 Å². The Morgan fingerprint density at radius 3 is 1.81 bits per heavy atom. The molecule has 0 radical (unpaired) electrons. The van der Waals surface area contributed by atoms with Gasteiger partial charge in [0, 0.05) is 29.7 Å². The molecule has 26 heavy (non-hydrogen) atoms. The summed E-state index contributed by atoms with van der Waals surface area (Å²) in [4.78, 5) is 2.23. The van der Waals surface area contributed by atoms with E-state index in [1.165, 1.54) is 0 Å². The van der Waals surface area contributed by atoms with E-state index < -0.39 is 0 Å². The second kappa shape index (κ2) is 7.11. The fraction of sp³-hybridized carbons (Fsp3) is 0.0476. The highest BCUT2D eigenvalue weighted by Gasteiger charge is 2.13. The number of aromatic amines is 1. The summed E-state index contributed by atoms with van der Waals surface area (Å²) in [7, 11) is 1.85. The first-order chi connectivity index (χ1) is 12.9. The molecular weight excluding hydrogens is 322 g/mol. The van der Waals surface area contributed by atoms with Crippen LogP contribution >= 0.6 is 0 Å². The first-order valence-electron chi connectivity index (χ1n) is 8.46. The minimum atomic E-state index is 0.806. The molecule has 128 valence electrons. The third kappa shape index (κ3) is 3.02. The summed E-state index contributed by atoms with van der Waals surface area (Å²) in [6.45, 7) is 0. The maximum Gasteiger partial charge on any atom is 0.149 e. The number of aromatic nitrogens is 3. The molecule has 2 N–H and O–H groups in total. The normalized spacial score (nSPS) is 10.5. The third-order valence-electron chi connectivity index (χ3n) is 4.23. The number of anilines is 4. The van der Waals surface area contributed by atoms with Gasteiger partial charge in [-0.3, -0.25) is 0 Å². The van der Waals surface area contributed by atoms with Crippen molar-refractivity contribution in [2.75, 3.05) is 17.3 Å². The van der Waals surface area contributed by atoms with Gasteiger partial charge in [0.1, 0.15) is 11.5 Å². The number of para-hydroxylation sites is 2. The molecule has 1 heterocycles. The van der Waals surface area contributed by atoms with Crippen LogP contribution in [0.4, 0.5) is 22.9 Å². The van der Waals surface area contributed by atoms with Crippen molar-refractivity contribution in [2.45, 2.75) is 0 Å². The van der Waals surface area contributed by atoms with Crippen LogP contribution in [0.5, 0.6) is 0 Å². The molecule has 0 atom stereocenters. The van der Waals surface area contributed by atoms with Crippen molar-refractivity contribution in [3.05, 3.63) is 84.9 Å². The number of nitrogens with zero attached hydrogens (tertiary/aromatic N) is 3. The van der Waals surface area contributed by atoms with Crippen LogP contribution in [0.2, 0.25) is 0 Å².